The minimum Gasteiger partial charge on any atom is -0.877 e. The lowest BCUT2D eigenvalue weighted by atomic mass is 9.80. The second-order valence-electron chi connectivity index (χ2n) is 16.1. The van der Waals surface area contributed by atoms with Crippen molar-refractivity contribution >= 4 is 53.9 Å². The summed E-state index contributed by atoms with van der Waals surface area (Å²) in [5, 5.41) is 15.1. The van der Waals surface area contributed by atoms with Crippen LogP contribution in [0.5, 0.6) is 0 Å². The number of fused-ring (bicyclic) bond motifs is 8. The van der Waals surface area contributed by atoms with Crippen molar-refractivity contribution in [3.63, 3.8) is 0 Å². The van der Waals surface area contributed by atoms with Gasteiger partial charge in [0, 0.05) is 64.0 Å². The molecule has 1 unspecified atom stereocenters. The van der Waals surface area contributed by atoms with Gasteiger partial charge >= 0.3 is 11.9 Å². The molecule has 1 saturated heterocycles. The Morgan fingerprint density at radius 1 is 1.04 bits per heavy atom. The van der Waals surface area contributed by atoms with Crippen LogP contribution in [-0.4, -0.2) is 64.4 Å². The molecule has 10 heteroatoms. The van der Waals surface area contributed by atoms with Gasteiger partial charge in [0.15, 0.2) is 5.78 Å². The summed E-state index contributed by atoms with van der Waals surface area (Å²) in [6, 6.07) is -0.426. The van der Waals surface area contributed by atoms with E-state index in [1.54, 1.807) is 0 Å². The molecular formula is C46H57N4O6-. The molecule has 3 N–H and O–H groups in total. The molecular weight excluding hydrogens is 705 g/mol. The van der Waals surface area contributed by atoms with Gasteiger partial charge in [-0.2, -0.15) is 0 Å². The number of hydrogen-bond acceptors (Lipinski definition) is 7. The molecule has 0 aromatic carbocycles. The van der Waals surface area contributed by atoms with E-state index in [0.29, 0.717) is 56.7 Å². The summed E-state index contributed by atoms with van der Waals surface area (Å²) in [7, 11) is 3.31. The summed E-state index contributed by atoms with van der Waals surface area (Å²) < 4.78 is 11.0. The molecule has 1 fully saturated rings. The van der Waals surface area contributed by atoms with Crippen LogP contribution in [0.15, 0.2) is 23.9 Å². The summed E-state index contributed by atoms with van der Waals surface area (Å²) in [6.45, 7) is 18.9. The molecule has 2 aliphatic heterocycles. The third-order valence-electron chi connectivity index (χ3n) is 12.3. The van der Waals surface area contributed by atoms with Gasteiger partial charge in [0.25, 0.3) is 0 Å². The van der Waals surface area contributed by atoms with Gasteiger partial charge in [-0.15, -0.1) is 6.26 Å². The summed E-state index contributed by atoms with van der Waals surface area (Å²) in [6.07, 6.45) is 15.2. The average Bonchev–Trinajstić information content (AvgIpc) is 3.89. The van der Waals surface area contributed by atoms with Crippen molar-refractivity contribution in [2.75, 3.05) is 20.8 Å². The third kappa shape index (κ3) is 7.26. The monoisotopic (exact) mass is 761 g/mol. The van der Waals surface area contributed by atoms with Crippen LogP contribution in [0, 0.1) is 37.5 Å². The van der Waals surface area contributed by atoms with Crippen LogP contribution in [0.3, 0.4) is 0 Å². The van der Waals surface area contributed by atoms with Gasteiger partial charge in [0.1, 0.15) is 12.5 Å². The van der Waals surface area contributed by atoms with Crippen molar-refractivity contribution in [3.8, 4) is 0 Å². The minimum atomic E-state index is -1.14. The lowest BCUT2D eigenvalue weighted by Crippen LogP contribution is -2.39. The maximum absolute atomic E-state index is 14.4. The first-order valence-corrected chi connectivity index (χ1v) is 20.0. The number of allylic oxidation sites excluding steroid dienone is 2. The number of nitrogens with zero attached hydrogens (tertiary/aromatic N) is 1. The molecule has 3 aromatic heterocycles. The van der Waals surface area contributed by atoms with Crippen molar-refractivity contribution in [1.29, 1.82) is 0 Å². The number of rotatable bonds is 12. The number of aromatic nitrogens is 3. The first kappa shape index (κ1) is 40.4. The van der Waals surface area contributed by atoms with Gasteiger partial charge in [0.05, 0.1) is 18.5 Å². The SMILES string of the molecule is C=Cc1c2[nH]c(c1C)/C=C1\[C@@H](C)[C@H](CCC(=O)OC/C=C(\C)CCCC(C)C)C(C3=c4[nH]/c(c(C)c4C(=O)[C@@H]3C(=O)OC)=C\c3[nH]c(/c(=C/[O-])c3CC)=C\2)N1C. The zero-order valence-electron chi connectivity index (χ0n) is 34.4. The van der Waals surface area contributed by atoms with E-state index in [4.69, 9.17) is 9.47 Å². The Hall–Kier alpha value is -5.25. The van der Waals surface area contributed by atoms with Crippen LogP contribution >= 0.6 is 0 Å². The molecule has 0 saturated carbocycles. The van der Waals surface area contributed by atoms with E-state index in [9.17, 15) is 19.5 Å². The van der Waals surface area contributed by atoms with E-state index in [-0.39, 0.29) is 36.6 Å². The summed E-state index contributed by atoms with van der Waals surface area (Å²) in [5.41, 5.74) is 9.22. The lowest BCUT2D eigenvalue weighted by Gasteiger charge is -2.30. The first-order chi connectivity index (χ1) is 26.8. The van der Waals surface area contributed by atoms with Crippen LogP contribution in [-0.2, 0) is 25.5 Å². The van der Waals surface area contributed by atoms with E-state index in [2.05, 4.69) is 60.2 Å². The van der Waals surface area contributed by atoms with Gasteiger partial charge in [0.2, 0.25) is 0 Å². The van der Waals surface area contributed by atoms with Gasteiger partial charge < -0.3 is 34.4 Å². The number of esters is 2. The number of ketones is 1. The van der Waals surface area contributed by atoms with Gasteiger partial charge in [-0.1, -0.05) is 52.3 Å². The Balaban J connectivity index is 1.51. The van der Waals surface area contributed by atoms with E-state index in [1.807, 2.05) is 52.1 Å². The van der Waals surface area contributed by atoms with Gasteiger partial charge in [-0.25, -0.2) is 0 Å². The Labute approximate surface area is 329 Å². The number of carbonyl (C=O) groups excluding carboxylic acids is 3. The van der Waals surface area contributed by atoms with E-state index < -0.39 is 17.9 Å². The zero-order chi connectivity index (χ0) is 40.6. The third-order valence-corrected chi connectivity index (χ3v) is 12.3. The molecule has 1 aliphatic carbocycles. The van der Waals surface area contributed by atoms with Gasteiger partial charge in [-0.05, 0) is 110 Å². The highest BCUT2D eigenvalue weighted by atomic mass is 16.5. The molecule has 0 spiro atoms. The van der Waals surface area contributed by atoms with Crippen LogP contribution < -0.4 is 26.4 Å². The molecule has 0 amide bonds. The first-order valence-electron chi connectivity index (χ1n) is 20.0. The Kier molecular flexibility index (Phi) is 11.9. The van der Waals surface area contributed by atoms with Crippen LogP contribution in [0.1, 0.15) is 116 Å². The number of H-pyrrole nitrogens is 3. The van der Waals surface area contributed by atoms with Crippen LogP contribution in [0.25, 0.3) is 36.1 Å². The molecule has 3 aromatic rings. The van der Waals surface area contributed by atoms with Crippen LogP contribution in [0.2, 0.25) is 0 Å². The van der Waals surface area contributed by atoms with Crippen molar-refractivity contribution in [3.05, 3.63) is 90.1 Å². The largest absolute Gasteiger partial charge is 0.877 e. The number of nitrogens with one attached hydrogen (secondary N) is 3. The fraction of sp³-hybridized carbons (Fsp3) is 0.457. The fourth-order valence-electron chi connectivity index (χ4n) is 9.21. The Bertz CT molecular complexity index is 2380. The predicted molar refractivity (Wildman–Crippen MR) is 219 cm³/mol. The van der Waals surface area contributed by atoms with E-state index in [1.165, 1.54) is 12.7 Å². The van der Waals surface area contributed by atoms with Crippen molar-refractivity contribution in [1.82, 2.24) is 19.9 Å². The second-order valence-corrected chi connectivity index (χ2v) is 16.1. The summed E-state index contributed by atoms with van der Waals surface area (Å²) in [5.74, 6) is -1.93. The van der Waals surface area contributed by atoms with Crippen LogP contribution in [0.4, 0.5) is 0 Å². The topological polar surface area (TPSA) is 143 Å². The molecule has 6 rings (SSSR count). The highest BCUT2D eigenvalue weighted by Gasteiger charge is 2.51. The Morgan fingerprint density at radius 2 is 1.77 bits per heavy atom. The number of aromatic amines is 3. The number of ether oxygens (including phenoxy) is 2. The highest BCUT2D eigenvalue weighted by molar-refractivity contribution is 6.19. The van der Waals surface area contributed by atoms with Crippen molar-refractivity contribution in [2.45, 2.75) is 93.0 Å². The van der Waals surface area contributed by atoms with Crippen molar-refractivity contribution in [2.24, 2.45) is 23.7 Å². The molecule has 4 atom stereocenters. The second kappa shape index (κ2) is 16.5. The molecule has 0 radical (unpaired) electrons. The maximum atomic E-state index is 14.4. The van der Waals surface area contributed by atoms with E-state index in [0.717, 1.165) is 65.0 Å². The molecule has 56 heavy (non-hydrogen) atoms. The van der Waals surface area contributed by atoms with E-state index >= 15 is 0 Å². The lowest BCUT2D eigenvalue weighted by molar-refractivity contribution is -0.229. The Morgan fingerprint density at radius 3 is 2.43 bits per heavy atom. The predicted octanol–water partition coefficient (Wildman–Crippen LogP) is 4.40. The zero-order valence-corrected chi connectivity index (χ0v) is 34.4. The summed E-state index contributed by atoms with van der Waals surface area (Å²) in [4.78, 5) is 54.2. The number of hydrogen-bond donors (Lipinski definition) is 3. The average molecular weight is 762 g/mol. The number of methoxy groups -OCH3 is 1. The number of carbonyl (C=O) groups is 3. The summed E-state index contributed by atoms with van der Waals surface area (Å²) >= 11 is 0. The highest BCUT2D eigenvalue weighted by Crippen LogP contribution is 2.47. The molecule has 5 heterocycles. The van der Waals surface area contributed by atoms with Crippen molar-refractivity contribution < 1.29 is 29.0 Å². The van der Waals surface area contributed by atoms with Gasteiger partial charge in [-0.3, -0.25) is 14.4 Å². The maximum Gasteiger partial charge on any atom is 0.320 e. The minimum absolute atomic E-state index is 0.0785. The molecule has 298 valence electrons. The molecule has 8 bridgehead atoms. The normalized spacial score (nSPS) is 22.8. The number of Topliss-reactive ketones (excluding diaryl/α,β-unsaturated/α-hetero) is 1. The smallest absolute Gasteiger partial charge is 0.320 e. The standard InChI is InChI=1S/C46H58N4O6/c1-11-29-26(6)34-22-38-27(7)31(16-17-39(52)56-19-18-25(5)15-13-14-24(3)4)44(50(38)9)41-42(46(54)55-10)45(53)40-28(8)33(49-43(40)41)20-36-30(12-2)32(23-51)37(48-36)21-35(29)47-34/h11,18,20-24,27,31,42,44,47-49,51H,1,12-17,19H2,2-10H3/p-1/b25-18+,32-23+,33-20-,37-21-,38-22+/t27-,31-,42+,44?/m0/s1. The molecule has 3 aliphatic rings. The molecule has 10 nitrogen and oxygen atoms in total. The quantitative estimate of drug-likeness (QED) is 0.141. The fourth-order valence-corrected chi connectivity index (χ4v) is 9.21.